The zero-order valence-electron chi connectivity index (χ0n) is 12.0. The van der Waals surface area contributed by atoms with Crippen molar-refractivity contribution in [1.82, 2.24) is 10.9 Å². The number of rotatable bonds is 6. The molecule has 7 heteroatoms. The lowest BCUT2D eigenvalue weighted by Crippen LogP contribution is -2.43. The molecule has 0 bridgehead atoms. The molecule has 2 amide bonds. The van der Waals surface area contributed by atoms with Crippen LogP contribution in [0.1, 0.15) is 17.3 Å². The van der Waals surface area contributed by atoms with Gasteiger partial charge in [-0.1, -0.05) is 12.1 Å². The smallest absolute Gasteiger partial charge is 0.276 e. The van der Waals surface area contributed by atoms with Crippen LogP contribution in [0, 0.1) is 0 Å². The maximum Gasteiger partial charge on any atom is 0.276 e. The van der Waals surface area contributed by atoms with Crippen molar-refractivity contribution in [3.8, 4) is 11.5 Å². The Labute approximate surface area is 132 Å². The van der Waals surface area contributed by atoms with Gasteiger partial charge in [0.15, 0.2) is 18.1 Å². The number of ether oxygens (including phenoxy) is 2. The molecule has 22 heavy (non-hydrogen) atoms. The molecule has 0 aliphatic carbocycles. The number of hydrogen-bond donors (Lipinski definition) is 2. The summed E-state index contributed by atoms with van der Waals surface area (Å²) in [6.45, 7) is 2.14. The summed E-state index contributed by atoms with van der Waals surface area (Å²) in [4.78, 5) is 23.3. The highest BCUT2D eigenvalue weighted by atomic mass is 32.1. The van der Waals surface area contributed by atoms with E-state index >= 15 is 0 Å². The first-order valence-electron chi connectivity index (χ1n) is 6.66. The van der Waals surface area contributed by atoms with Gasteiger partial charge in [0.05, 0.1) is 12.2 Å². The van der Waals surface area contributed by atoms with Gasteiger partial charge in [-0.15, -0.1) is 0 Å². The minimum Gasteiger partial charge on any atom is -0.490 e. The molecule has 0 aliphatic heterocycles. The molecule has 2 rings (SSSR count). The van der Waals surface area contributed by atoms with Crippen LogP contribution in [0.2, 0.25) is 0 Å². The van der Waals surface area contributed by atoms with Crippen molar-refractivity contribution in [3.05, 3.63) is 46.7 Å². The molecule has 0 atom stereocenters. The van der Waals surface area contributed by atoms with Crippen molar-refractivity contribution in [2.24, 2.45) is 0 Å². The highest BCUT2D eigenvalue weighted by Gasteiger charge is 2.09. The van der Waals surface area contributed by atoms with E-state index in [1.165, 1.54) is 11.3 Å². The average Bonchev–Trinajstić information content (AvgIpc) is 3.06. The monoisotopic (exact) mass is 320 g/mol. The van der Waals surface area contributed by atoms with E-state index in [1.54, 1.807) is 35.0 Å². The minimum absolute atomic E-state index is 0.228. The summed E-state index contributed by atoms with van der Waals surface area (Å²) in [6, 6.07) is 8.74. The number of thiophene rings is 1. The topological polar surface area (TPSA) is 76.7 Å². The van der Waals surface area contributed by atoms with E-state index in [2.05, 4.69) is 10.9 Å². The predicted octanol–water partition coefficient (Wildman–Crippen LogP) is 1.99. The molecule has 2 aromatic rings. The second-order valence-electron chi connectivity index (χ2n) is 4.18. The molecule has 0 saturated heterocycles. The molecule has 1 aromatic heterocycles. The Morgan fingerprint density at radius 2 is 1.82 bits per heavy atom. The van der Waals surface area contributed by atoms with Gasteiger partial charge in [-0.3, -0.25) is 20.4 Å². The molecular weight excluding hydrogens is 304 g/mol. The van der Waals surface area contributed by atoms with Crippen molar-refractivity contribution in [3.63, 3.8) is 0 Å². The lowest BCUT2D eigenvalue weighted by molar-refractivity contribution is -0.123. The summed E-state index contributed by atoms with van der Waals surface area (Å²) < 4.78 is 10.8. The van der Waals surface area contributed by atoms with Gasteiger partial charge in [-0.25, -0.2) is 0 Å². The van der Waals surface area contributed by atoms with Crippen LogP contribution in [0.25, 0.3) is 0 Å². The number of nitrogens with one attached hydrogen (secondary N) is 2. The van der Waals surface area contributed by atoms with Crippen LogP contribution in [-0.2, 0) is 4.79 Å². The van der Waals surface area contributed by atoms with Gasteiger partial charge in [0.1, 0.15) is 0 Å². The summed E-state index contributed by atoms with van der Waals surface area (Å²) in [5.41, 5.74) is 5.10. The maximum atomic E-state index is 11.7. The van der Waals surface area contributed by atoms with Crippen molar-refractivity contribution >= 4 is 23.2 Å². The molecule has 0 unspecified atom stereocenters. The van der Waals surface area contributed by atoms with Gasteiger partial charge in [0, 0.05) is 5.38 Å². The van der Waals surface area contributed by atoms with Crippen molar-refractivity contribution in [1.29, 1.82) is 0 Å². The number of hydrogen-bond acceptors (Lipinski definition) is 5. The van der Waals surface area contributed by atoms with Crippen LogP contribution in [0.15, 0.2) is 41.1 Å². The third-order valence-electron chi connectivity index (χ3n) is 2.61. The van der Waals surface area contributed by atoms with E-state index in [4.69, 9.17) is 9.47 Å². The number of para-hydroxylation sites is 2. The second kappa shape index (κ2) is 8.04. The standard InChI is InChI=1S/C15H16N2O4S/c1-2-20-12-5-3-4-6-13(12)21-9-14(18)16-17-15(19)11-7-8-22-10-11/h3-8,10H,2,9H2,1H3,(H,16,18)(H,17,19). The number of amides is 2. The molecule has 0 fully saturated rings. The molecule has 116 valence electrons. The number of hydrazine groups is 1. The van der Waals surface area contributed by atoms with E-state index in [0.717, 1.165) is 0 Å². The van der Waals surface area contributed by atoms with Crippen molar-refractivity contribution < 1.29 is 19.1 Å². The summed E-state index contributed by atoms with van der Waals surface area (Å²) in [5.74, 6) is 0.211. The Hall–Kier alpha value is -2.54. The van der Waals surface area contributed by atoms with Gasteiger partial charge in [-0.05, 0) is 30.5 Å². The first-order chi connectivity index (χ1) is 10.7. The molecule has 0 radical (unpaired) electrons. The minimum atomic E-state index is -0.463. The SMILES string of the molecule is CCOc1ccccc1OCC(=O)NNC(=O)c1ccsc1. The van der Waals surface area contributed by atoms with Gasteiger partial charge < -0.3 is 9.47 Å². The van der Waals surface area contributed by atoms with Gasteiger partial charge in [-0.2, -0.15) is 11.3 Å². The summed E-state index contributed by atoms with van der Waals surface area (Å²) in [6.07, 6.45) is 0. The van der Waals surface area contributed by atoms with Gasteiger partial charge in [0.2, 0.25) is 0 Å². The Bertz CT molecular complexity index is 628. The van der Waals surface area contributed by atoms with Crippen LogP contribution in [0.5, 0.6) is 11.5 Å². The summed E-state index contributed by atoms with van der Waals surface area (Å²) >= 11 is 1.40. The third-order valence-corrected chi connectivity index (χ3v) is 3.29. The van der Waals surface area contributed by atoms with Crippen LogP contribution in [-0.4, -0.2) is 25.0 Å². The number of carbonyl (C=O) groups is 2. The second-order valence-corrected chi connectivity index (χ2v) is 4.96. The van der Waals surface area contributed by atoms with Crippen molar-refractivity contribution in [2.45, 2.75) is 6.92 Å². The van der Waals surface area contributed by atoms with E-state index in [0.29, 0.717) is 23.7 Å². The molecule has 0 spiro atoms. The molecular formula is C15H16N2O4S. The first-order valence-corrected chi connectivity index (χ1v) is 7.61. The molecule has 0 saturated carbocycles. The molecule has 6 nitrogen and oxygen atoms in total. The molecule has 1 heterocycles. The zero-order chi connectivity index (χ0) is 15.8. The van der Waals surface area contributed by atoms with E-state index in [9.17, 15) is 9.59 Å². The van der Waals surface area contributed by atoms with E-state index in [-0.39, 0.29) is 12.5 Å². The van der Waals surface area contributed by atoms with Crippen LogP contribution in [0.4, 0.5) is 0 Å². The highest BCUT2D eigenvalue weighted by molar-refractivity contribution is 7.08. The van der Waals surface area contributed by atoms with Crippen molar-refractivity contribution in [2.75, 3.05) is 13.2 Å². The highest BCUT2D eigenvalue weighted by Crippen LogP contribution is 2.26. The zero-order valence-corrected chi connectivity index (χ0v) is 12.8. The summed E-state index contributed by atoms with van der Waals surface area (Å²) in [5, 5.41) is 3.47. The first kappa shape index (κ1) is 15.8. The number of benzene rings is 1. The van der Waals surface area contributed by atoms with Crippen LogP contribution in [0.3, 0.4) is 0 Å². The van der Waals surface area contributed by atoms with E-state index < -0.39 is 5.91 Å². The lowest BCUT2D eigenvalue weighted by atomic mass is 10.3. The fourth-order valence-electron chi connectivity index (χ4n) is 1.62. The largest absolute Gasteiger partial charge is 0.490 e. The number of carbonyl (C=O) groups excluding carboxylic acids is 2. The fraction of sp³-hybridized carbons (Fsp3) is 0.200. The maximum absolute atomic E-state index is 11.7. The molecule has 0 aliphatic rings. The van der Waals surface area contributed by atoms with E-state index in [1.807, 2.05) is 13.0 Å². The van der Waals surface area contributed by atoms with Gasteiger partial charge >= 0.3 is 0 Å². The lowest BCUT2D eigenvalue weighted by Gasteiger charge is -2.11. The Balaban J connectivity index is 1.79. The van der Waals surface area contributed by atoms with Crippen LogP contribution < -0.4 is 20.3 Å². The Kier molecular flexibility index (Phi) is 5.79. The average molecular weight is 320 g/mol. The molecule has 2 N–H and O–H groups in total. The van der Waals surface area contributed by atoms with Gasteiger partial charge in [0.25, 0.3) is 11.8 Å². The molecule has 1 aromatic carbocycles. The summed E-state index contributed by atoms with van der Waals surface area (Å²) in [7, 11) is 0. The Morgan fingerprint density at radius 3 is 2.45 bits per heavy atom. The Morgan fingerprint density at radius 1 is 1.09 bits per heavy atom. The predicted molar refractivity (Wildman–Crippen MR) is 83.0 cm³/mol. The quantitative estimate of drug-likeness (QED) is 0.798. The van der Waals surface area contributed by atoms with Crippen LogP contribution >= 0.6 is 11.3 Å². The normalized spacial score (nSPS) is 9.86. The third kappa shape index (κ3) is 4.49. The fourth-order valence-corrected chi connectivity index (χ4v) is 2.25.